The largest absolute Gasteiger partial charge is 0.505 e. The second-order valence-corrected chi connectivity index (χ2v) is 6.15. The van der Waals surface area contributed by atoms with Crippen LogP contribution in [0.1, 0.15) is 22.3 Å². The van der Waals surface area contributed by atoms with E-state index in [-0.39, 0.29) is 17.1 Å². The number of carbonyl (C=O) groups excluding carboxylic acids is 1. The van der Waals surface area contributed by atoms with E-state index in [4.69, 9.17) is 0 Å². The lowest BCUT2D eigenvalue weighted by Gasteiger charge is -2.09. The van der Waals surface area contributed by atoms with Crippen molar-refractivity contribution in [2.75, 3.05) is 0 Å². The summed E-state index contributed by atoms with van der Waals surface area (Å²) in [5.41, 5.74) is 0.561. The molecule has 0 radical (unpaired) electrons. The molecular weight excluding hydrogens is 300 g/mol. The summed E-state index contributed by atoms with van der Waals surface area (Å²) in [5, 5.41) is 15.1. The Morgan fingerprint density at radius 2 is 1.95 bits per heavy atom. The van der Waals surface area contributed by atoms with E-state index in [9.17, 15) is 14.7 Å². The number of nitrogens with zero attached hydrogens (tertiary/aromatic N) is 2. The number of hydrogen-bond donors (Lipinski definition) is 1. The molecule has 5 nitrogen and oxygen atoms in total. The number of fused-ring (bicyclic) bond motifs is 1. The number of carbonyl (C=O) groups is 1. The lowest BCUT2D eigenvalue weighted by Crippen LogP contribution is -2.22. The van der Waals surface area contributed by atoms with Crippen LogP contribution in [-0.4, -0.2) is 20.7 Å². The van der Waals surface area contributed by atoms with E-state index in [2.05, 4.69) is 5.10 Å². The first-order valence-corrected chi connectivity index (χ1v) is 7.53. The maximum atomic E-state index is 12.5. The third kappa shape index (κ3) is 2.03. The molecule has 0 bridgehead atoms. The van der Waals surface area contributed by atoms with Crippen molar-refractivity contribution in [1.29, 1.82) is 0 Å². The van der Waals surface area contributed by atoms with Crippen molar-refractivity contribution in [2.45, 2.75) is 13.8 Å². The van der Waals surface area contributed by atoms with Crippen LogP contribution in [0.4, 0.5) is 0 Å². The summed E-state index contributed by atoms with van der Waals surface area (Å²) in [6.45, 7) is 3.09. The molecule has 2 aromatic heterocycles. The number of aromatic hydroxyl groups is 1. The Bertz CT molecular complexity index is 969. The average Bonchev–Trinajstić information content (AvgIpc) is 2.86. The molecule has 0 saturated heterocycles. The van der Waals surface area contributed by atoms with Crippen LogP contribution in [0.5, 0.6) is 5.75 Å². The van der Waals surface area contributed by atoms with Crippen molar-refractivity contribution in [1.82, 2.24) is 9.78 Å². The van der Waals surface area contributed by atoms with Crippen LogP contribution in [0, 0.1) is 6.92 Å². The zero-order valence-corrected chi connectivity index (χ0v) is 13.2. The Balaban J connectivity index is 2.53. The number of aromatic nitrogens is 2. The van der Waals surface area contributed by atoms with Gasteiger partial charge in [-0.15, -0.1) is 11.3 Å². The Kier molecular flexibility index (Phi) is 3.33. The van der Waals surface area contributed by atoms with Gasteiger partial charge in [-0.2, -0.15) is 5.10 Å². The maximum Gasteiger partial charge on any atom is 0.278 e. The summed E-state index contributed by atoms with van der Waals surface area (Å²) < 4.78 is 2.08. The minimum Gasteiger partial charge on any atom is -0.505 e. The van der Waals surface area contributed by atoms with Gasteiger partial charge in [0, 0.05) is 22.7 Å². The zero-order chi connectivity index (χ0) is 16.0. The molecule has 0 fully saturated rings. The highest BCUT2D eigenvalue weighted by molar-refractivity contribution is 7.21. The molecule has 2 heterocycles. The first-order chi connectivity index (χ1) is 10.4. The summed E-state index contributed by atoms with van der Waals surface area (Å²) >= 11 is 1.33. The minimum absolute atomic E-state index is 0.132. The highest BCUT2D eigenvalue weighted by Crippen LogP contribution is 2.41. The number of ketones is 1. The molecule has 0 saturated carbocycles. The molecule has 0 aliphatic heterocycles. The van der Waals surface area contributed by atoms with E-state index in [0.29, 0.717) is 16.1 Å². The number of Topliss-reactive ketones (excluding diaryl/α,β-unsaturated/α-hetero) is 1. The van der Waals surface area contributed by atoms with Gasteiger partial charge in [-0.05, 0) is 19.9 Å². The Morgan fingerprint density at radius 1 is 1.27 bits per heavy atom. The van der Waals surface area contributed by atoms with Crippen molar-refractivity contribution in [2.24, 2.45) is 7.05 Å². The summed E-state index contributed by atoms with van der Waals surface area (Å²) in [6.07, 6.45) is 0. The molecule has 0 amide bonds. The third-order valence-electron chi connectivity index (χ3n) is 3.55. The fraction of sp³-hybridized carbons (Fsp3) is 0.188. The van der Waals surface area contributed by atoms with Gasteiger partial charge in [-0.3, -0.25) is 9.59 Å². The molecule has 22 heavy (non-hydrogen) atoms. The van der Waals surface area contributed by atoms with Crippen molar-refractivity contribution >= 4 is 27.2 Å². The second kappa shape index (κ2) is 5.06. The number of benzene rings is 1. The maximum absolute atomic E-state index is 12.5. The predicted molar refractivity (Wildman–Crippen MR) is 86.7 cm³/mol. The molecule has 6 heteroatoms. The third-order valence-corrected chi connectivity index (χ3v) is 4.82. The van der Waals surface area contributed by atoms with Crippen LogP contribution in [0.25, 0.3) is 21.2 Å². The molecule has 0 aliphatic carbocycles. The normalized spacial score (nSPS) is 11.0. The second-order valence-electron chi connectivity index (χ2n) is 5.10. The fourth-order valence-electron chi connectivity index (χ4n) is 2.53. The first kappa shape index (κ1) is 14.5. The molecule has 0 spiro atoms. The van der Waals surface area contributed by atoms with Gasteiger partial charge in [-0.25, -0.2) is 4.68 Å². The fourth-order valence-corrected chi connectivity index (χ4v) is 3.63. The Morgan fingerprint density at radius 3 is 2.64 bits per heavy atom. The lowest BCUT2D eigenvalue weighted by molar-refractivity contribution is 0.102. The Labute approximate surface area is 130 Å². The number of hydrogen-bond acceptors (Lipinski definition) is 5. The van der Waals surface area contributed by atoms with Crippen LogP contribution in [0.2, 0.25) is 0 Å². The van der Waals surface area contributed by atoms with Gasteiger partial charge in [0.15, 0.2) is 11.5 Å². The van der Waals surface area contributed by atoms with Crippen LogP contribution < -0.4 is 5.56 Å². The van der Waals surface area contributed by atoms with E-state index >= 15 is 0 Å². The van der Waals surface area contributed by atoms with Crippen molar-refractivity contribution in [3.05, 3.63) is 45.2 Å². The van der Waals surface area contributed by atoms with Crippen molar-refractivity contribution < 1.29 is 9.90 Å². The van der Waals surface area contributed by atoms with E-state index in [0.717, 1.165) is 10.1 Å². The van der Waals surface area contributed by atoms with E-state index in [1.165, 1.54) is 30.0 Å². The molecule has 1 aromatic carbocycles. The standard InChI is InChI=1S/C16H14N2O3S/c1-8-14(20)13(16(21)18(3)17-8)12-10-6-4-5-7-11(10)22-15(12)9(2)19/h4-7,20H,1-3H3. The topological polar surface area (TPSA) is 72.2 Å². The monoisotopic (exact) mass is 314 g/mol. The minimum atomic E-state index is -0.422. The highest BCUT2D eigenvalue weighted by Gasteiger charge is 2.24. The zero-order valence-electron chi connectivity index (χ0n) is 12.4. The smallest absolute Gasteiger partial charge is 0.278 e. The first-order valence-electron chi connectivity index (χ1n) is 6.71. The number of rotatable bonds is 2. The van der Waals surface area contributed by atoms with Gasteiger partial charge in [0.05, 0.1) is 10.4 Å². The molecule has 3 aromatic rings. The van der Waals surface area contributed by atoms with Crippen molar-refractivity contribution in [3.8, 4) is 16.9 Å². The molecular formula is C16H14N2O3S. The molecule has 0 unspecified atom stereocenters. The van der Waals surface area contributed by atoms with E-state index in [1.54, 1.807) is 6.92 Å². The molecule has 1 N–H and O–H groups in total. The number of thiophene rings is 1. The molecule has 0 aliphatic rings. The van der Waals surface area contributed by atoms with Crippen LogP contribution in [0.3, 0.4) is 0 Å². The van der Waals surface area contributed by atoms with Gasteiger partial charge >= 0.3 is 0 Å². The van der Waals surface area contributed by atoms with Crippen LogP contribution in [0.15, 0.2) is 29.1 Å². The SMILES string of the molecule is CC(=O)c1sc2ccccc2c1-c1c(O)c(C)nn(C)c1=O. The summed E-state index contributed by atoms with van der Waals surface area (Å²) in [6, 6.07) is 7.47. The molecule has 0 atom stereocenters. The average molecular weight is 314 g/mol. The summed E-state index contributed by atoms with van der Waals surface area (Å²) in [4.78, 5) is 25.0. The quantitative estimate of drug-likeness (QED) is 0.738. The van der Waals surface area contributed by atoms with Gasteiger partial charge in [0.25, 0.3) is 5.56 Å². The van der Waals surface area contributed by atoms with E-state index < -0.39 is 5.56 Å². The number of aryl methyl sites for hydroxylation is 2. The predicted octanol–water partition coefficient (Wildman–Crippen LogP) is 2.88. The lowest BCUT2D eigenvalue weighted by atomic mass is 10.0. The van der Waals surface area contributed by atoms with E-state index in [1.807, 2.05) is 24.3 Å². The summed E-state index contributed by atoms with van der Waals surface area (Å²) in [7, 11) is 1.53. The highest BCUT2D eigenvalue weighted by atomic mass is 32.1. The molecule has 3 rings (SSSR count). The van der Waals surface area contributed by atoms with Gasteiger partial charge in [-0.1, -0.05) is 18.2 Å². The van der Waals surface area contributed by atoms with Crippen molar-refractivity contribution in [3.63, 3.8) is 0 Å². The Hall–Kier alpha value is -2.47. The van der Waals surface area contributed by atoms with Crippen LogP contribution >= 0.6 is 11.3 Å². The van der Waals surface area contributed by atoms with Gasteiger partial charge in [0.1, 0.15) is 5.69 Å². The van der Waals surface area contributed by atoms with Gasteiger partial charge < -0.3 is 5.11 Å². The van der Waals surface area contributed by atoms with Gasteiger partial charge in [0.2, 0.25) is 0 Å². The van der Waals surface area contributed by atoms with Crippen LogP contribution in [-0.2, 0) is 7.05 Å². The molecule has 112 valence electrons. The summed E-state index contributed by atoms with van der Waals surface area (Å²) in [5.74, 6) is -0.304.